The fraction of sp³-hybridized carbons (Fsp3) is 0.0588. The van der Waals surface area contributed by atoms with E-state index < -0.39 is 5.91 Å². The molecule has 6 heteroatoms. The molecule has 2 N–H and O–H groups in total. The number of ether oxygens (including phenoxy) is 1. The first-order chi connectivity index (χ1) is 10.9. The van der Waals surface area contributed by atoms with Crippen LogP contribution in [0.1, 0.15) is 15.9 Å². The number of hydrogen-bond acceptors (Lipinski definition) is 3. The SMILES string of the molecule is NC(=O)COc1cccc(C(=O)/C=C/c2cc(Br)cc(Br)c2)c1. The predicted molar refractivity (Wildman–Crippen MR) is 96.3 cm³/mol. The van der Waals surface area contributed by atoms with Gasteiger partial charge in [0.15, 0.2) is 12.4 Å². The van der Waals surface area contributed by atoms with Gasteiger partial charge in [-0.3, -0.25) is 9.59 Å². The molecule has 0 saturated heterocycles. The van der Waals surface area contributed by atoms with Crippen LogP contribution in [0.3, 0.4) is 0 Å². The normalized spacial score (nSPS) is 10.7. The largest absolute Gasteiger partial charge is 0.484 e. The van der Waals surface area contributed by atoms with Crippen LogP contribution in [0.2, 0.25) is 0 Å². The van der Waals surface area contributed by atoms with Gasteiger partial charge in [0.1, 0.15) is 5.75 Å². The first-order valence-corrected chi connectivity index (χ1v) is 8.22. The van der Waals surface area contributed by atoms with Crippen LogP contribution < -0.4 is 10.5 Å². The van der Waals surface area contributed by atoms with E-state index in [9.17, 15) is 9.59 Å². The van der Waals surface area contributed by atoms with Crippen molar-refractivity contribution < 1.29 is 14.3 Å². The summed E-state index contributed by atoms with van der Waals surface area (Å²) < 4.78 is 7.02. The van der Waals surface area contributed by atoms with Gasteiger partial charge in [-0.15, -0.1) is 0 Å². The third kappa shape index (κ3) is 5.65. The fourth-order valence-corrected chi connectivity index (χ4v) is 3.16. The van der Waals surface area contributed by atoms with E-state index in [1.54, 1.807) is 30.3 Å². The fourth-order valence-electron chi connectivity index (χ4n) is 1.83. The molecule has 0 aliphatic rings. The van der Waals surface area contributed by atoms with Gasteiger partial charge in [-0.25, -0.2) is 0 Å². The van der Waals surface area contributed by atoms with E-state index in [1.807, 2.05) is 18.2 Å². The molecule has 0 spiro atoms. The van der Waals surface area contributed by atoms with E-state index in [0.717, 1.165) is 14.5 Å². The van der Waals surface area contributed by atoms with Gasteiger partial charge in [0.25, 0.3) is 5.91 Å². The van der Waals surface area contributed by atoms with Gasteiger partial charge in [0.05, 0.1) is 0 Å². The minimum Gasteiger partial charge on any atom is -0.484 e. The number of primary amides is 1. The Hall–Kier alpha value is -1.92. The third-order valence-corrected chi connectivity index (χ3v) is 3.73. The highest BCUT2D eigenvalue weighted by atomic mass is 79.9. The van der Waals surface area contributed by atoms with E-state index in [4.69, 9.17) is 10.5 Å². The molecule has 0 aliphatic carbocycles. The van der Waals surface area contributed by atoms with Crippen molar-refractivity contribution in [1.29, 1.82) is 0 Å². The van der Waals surface area contributed by atoms with Crippen molar-refractivity contribution >= 4 is 49.6 Å². The van der Waals surface area contributed by atoms with Gasteiger partial charge in [-0.1, -0.05) is 50.1 Å². The van der Waals surface area contributed by atoms with E-state index in [2.05, 4.69) is 31.9 Å². The zero-order valence-corrected chi connectivity index (χ0v) is 15.1. The second kappa shape index (κ2) is 8.08. The standard InChI is InChI=1S/C17H13Br2NO3/c18-13-6-11(7-14(19)9-13)4-5-16(21)12-2-1-3-15(8-12)23-10-17(20)22/h1-9H,10H2,(H2,20,22)/b5-4+. The van der Waals surface area contributed by atoms with Crippen LogP contribution in [0, 0.1) is 0 Å². The number of benzene rings is 2. The van der Waals surface area contributed by atoms with Gasteiger partial charge in [-0.05, 0) is 42.0 Å². The zero-order chi connectivity index (χ0) is 16.8. The minimum absolute atomic E-state index is 0.161. The molecule has 23 heavy (non-hydrogen) atoms. The van der Waals surface area contributed by atoms with Crippen LogP contribution in [0.25, 0.3) is 6.08 Å². The minimum atomic E-state index is -0.568. The van der Waals surface area contributed by atoms with Crippen LogP contribution in [0.4, 0.5) is 0 Å². The van der Waals surface area contributed by atoms with Crippen molar-refractivity contribution in [1.82, 2.24) is 0 Å². The number of rotatable bonds is 6. The molecule has 2 aromatic rings. The van der Waals surface area contributed by atoms with Crippen LogP contribution in [-0.2, 0) is 4.79 Å². The second-order valence-electron chi connectivity index (χ2n) is 4.68. The summed E-state index contributed by atoms with van der Waals surface area (Å²) in [6.07, 6.45) is 3.22. The average Bonchev–Trinajstić information content (AvgIpc) is 2.50. The van der Waals surface area contributed by atoms with E-state index in [0.29, 0.717) is 11.3 Å². The molecule has 0 radical (unpaired) electrons. The molecule has 0 aromatic heterocycles. The third-order valence-electron chi connectivity index (χ3n) is 2.81. The van der Waals surface area contributed by atoms with Gasteiger partial charge in [0, 0.05) is 14.5 Å². The Kier molecular flexibility index (Phi) is 6.12. The number of amides is 1. The number of carbonyl (C=O) groups is 2. The lowest BCUT2D eigenvalue weighted by molar-refractivity contribution is -0.119. The van der Waals surface area contributed by atoms with Crippen LogP contribution in [0.15, 0.2) is 57.5 Å². The number of ketones is 1. The molecule has 2 rings (SSSR count). The Balaban J connectivity index is 2.12. The average molecular weight is 439 g/mol. The molecule has 2 aromatic carbocycles. The Morgan fingerprint density at radius 3 is 2.43 bits per heavy atom. The predicted octanol–water partition coefficient (Wildman–Crippen LogP) is 3.97. The van der Waals surface area contributed by atoms with Gasteiger partial charge in [-0.2, -0.15) is 0 Å². The molecule has 0 atom stereocenters. The maximum absolute atomic E-state index is 12.2. The first kappa shape index (κ1) is 17.4. The number of allylic oxidation sites excluding steroid dienone is 1. The van der Waals surface area contributed by atoms with Crippen LogP contribution >= 0.6 is 31.9 Å². The highest BCUT2D eigenvalue weighted by Crippen LogP contribution is 2.21. The van der Waals surface area contributed by atoms with Crippen molar-refractivity contribution in [3.8, 4) is 5.75 Å². The van der Waals surface area contributed by atoms with Crippen LogP contribution in [0.5, 0.6) is 5.75 Å². The first-order valence-electron chi connectivity index (χ1n) is 6.64. The lowest BCUT2D eigenvalue weighted by Crippen LogP contribution is -2.20. The summed E-state index contributed by atoms with van der Waals surface area (Å²) >= 11 is 6.80. The summed E-state index contributed by atoms with van der Waals surface area (Å²) in [7, 11) is 0. The van der Waals surface area contributed by atoms with E-state index in [1.165, 1.54) is 6.08 Å². The maximum Gasteiger partial charge on any atom is 0.255 e. The lowest BCUT2D eigenvalue weighted by Gasteiger charge is -2.04. The smallest absolute Gasteiger partial charge is 0.255 e. The molecule has 118 valence electrons. The molecule has 0 bridgehead atoms. The van der Waals surface area contributed by atoms with Crippen molar-refractivity contribution in [2.45, 2.75) is 0 Å². The second-order valence-corrected chi connectivity index (χ2v) is 6.51. The maximum atomic E-state index is 12.2. The highest BCUT2D eigenvalue weighted by molar-refractivity contribution is 9.11. The molecule has 4 nitrogen and oxygen atoms in total. The number of nitrogens with two attached hydrogens (primary N) is 1. The van der Waals surface area contributed by atoms with Gasteiger partial charge < -0.3 is 10.5 Å². The van der Waals surface area contributed by atoms with Gasteiger partial charge in [0.2, 0.25) is 0 Å². The van der Waals surface area contributed by atoms with Crippen LogP contribution in [-0.4, -0.2) is 18.3 Å². The summed E-state index contributed by atoms with van der Waals surface area (Å²) in [5, 5.41) is 0. The molecule has 0 fully saturated rings. The Morgan fingerprint density at radius 1 is 1.09 bits per heavy atom. The molecule has 0 saturated carbocycles. The Bertz CT molecular complexity index is 752. The lowest BCUT2D eigenvalue weighted by atomic mass is 10.1. The molecular weight excluding hydrogens is 426 g/mol. The van der Waals surface area contributed by atoms with Gasteiger partial charge >= 0.3 is 0 Å². The summed E-state index contributed by atoms with van der Waals surface area (Å²) in [6.45, 7) is -0.223. The number of halogens is 2. The van der Waals surface area contributed by atoms with Crippen molar-refractivity contribution in [2.75, 3.05) is 6.61 Å². The molecule has 0 heterocycles. The zero-order valence-electron chi connectivity index (χ0n) is 12.0. The number of carbonyl (C=O) groups excluding carboxylic acids is 2. The molecule has 1 amide bonds. The van der Waals surface area contributed by atoms with E-state index in [-0.39, 0.29) is 12.4 Å². The Morgan fingerprint density at radius 2 is 1.78 bits per heavy atom. The Labute approximate surface area is 150 Å². The summed E-state index contributed by atoms with van der Waals surface area (Å²) in [5.74, 6) is -0.305. The highest BCUT2D eigenvalue weighted by Gasteiger charge is 2.05. The van der Waals surface area contributed by atoms with E-state index >= 15 is 0 Å². The number of hydrogen-bond donors (Lipinski definition) is 1. The van der Waals surface area contributed by atoms with Crippen molar-refractivity contribution in [3.05, 3.63) is 68.6 Å². The van der Waals surface area contributed by atoms with Crippen molar-refractivity contribution in [3.63, 3.8) is 0 Å². The monoisotopic (exact) mass is 437 g/mol. The summed E-state index contributed by atoms with van der Waals surface area (Å²) in [4.78, 5) is 22.9. The quantitative estimate of drug-likeness (QED) is 0.547. The topological polar surface area (TPSA) is 69.4 Å². The molecule has 0 aliphatic heterocycles. The van der Waals surface area contributed by atoms with Crippen molar-refractivity contribution in [2.24, 2.45) is 5.73 Å². The molecule has 0 unspecified atom stereocenters. The summed E-state index contributed by atoms with van der Waals surface area (Å²) in [5.41, 5.74) is 6.38. The summed E-state index contributed by atoms with van der Waals surface area (Å²) in [6, 6.07) is 12.3. The molecular formula is C17H13Br2NO3.